The molecule has 3 heterocycles. The lowest BCUT2D eigenvalue weighted by Gasteiger charge is -1.97. The van der Waals surface area contributed by atoms with Crippen molar-refractivity contribution >= 4 is 46.4 Å². The lowest BCUT2D eigenvalue weighted by atomic mass is 10.2. The van der Waals surface area contributed by atoms with E-state index in [9.17, 15) is 9.59 Å². The first-order valence-electron chi connectivity index (χ1n) is 8.74. The number of thioether (sulfide) groups is 2. The zero-order valence-corrected chi connectivity index (χ0v) is 17.6. The smallest absolute Gasteiger partial charge is 0.341 e. The van der Waals surface area contributed by atoms with Crippen molar-refractivity contribution in [2.45, 2.75) is 27.7 Å². The van der Waals surface area contributed by atoms with Crippen molar-refractivity contribution in [3.63, 3.8) is 0 Å². The monoisotopic (exact) mass is 420 g/mol. The molecule has 0 N–H and O–H groups in total. The molecule has 0 amide bonds. The predicted octanol–water partition coefficient (Wildman–Crippen LogP) is 5.62. The van der Waals surface area contributed by atoms with Crippen molar-refractivity contribution in [2.75, 3.05) is 13.2 Å². The van der Waals surface area contributed by atoms with Crippen LogP contribution in [0.5, 0.6) is 0 Å². The third-order valence-electron chi connectivity index (χ3n) is 3.84. The van der Waals surface area contributed by atoms with Crippen LogP contribution in [0.3, 0.4) is 0 Å². The highest BCUT2D eigenvalue weighted by Crippen LogP contribution is 2.49. The molecule has 6 nitrogen and oxygen atoms in total. The maximum absolute atomic E-state index is 12.0. The molecule has 8 heteroatoms. The molecule has 2 aromatic heterocycles. The van der Waals surface area contributed by atoms with E-state index in [2.05, 4.69) is 0 Å². The Labute approximate surface area is 171 Å². The molecular formula is C20H20O6S2. The third-order valence-corrected chi connectivity index (χ3v) is 6.09. The summed E-state index contributed by atoms with van der Waals surface area (Å²) < 4.78 is 22.4. The molecule has 0 bridgehead atoms. The van der Waals surface area contributed by atoms with Gasteiger partial charge in [0.15, 0.2) is 0 Å². The van der Waals surface area contributed by atoms with E-state index < -0.39 is 5.97 Å². The Kier molecular flexibility index (Phi) is 6.41. The average molecular weight is 421 g/mol. The summed E-state index contributed by atoms with van der Waals surface area (Å²) in [5.41, 5.74) is 0.858. The highest BCUT2D eigenvalue weighted by atomic mass is 32.2. The van der Waals surface area contributed by atoms with Gasteiger partial charge in [-0.3, -0.25) is 0 Å². The molecular weight excluding hydrogens is 400 g/mol. The minimum Gasteiger partial charge on any atom is -0.462 e. The van der Waals surface area contributed by atoms with Crippen molar-refractivity contribution in [1.82, 2.24) is 0 Å². The highest BCUT2D eigenvalue weighted by molar-refractivity contribution is 8.31. The molecule has 1 aliphatic rings. The van der Waals surface area contributed by atoms with Gasteiger partial charge >= 0.3 is 11.9 Å². The van der Waals surface area contributed by atoms with Crippen LogP contribution in [0.2, 0.25) is 0 Å². The van der Waals surface area contributed by atoms with Crippen LogP contribution < -0.4 is 0 Å². The molecule has 3 rings (SSSR count). The van der Waals surface area contributed by atoms with Crippen molar-refractivity contribution in [3.05, 3.63) is 55.9 Å². The number of rotatable bonds is 6. The minimum absolute atomic E-state index is 0.315. The van der Waals surface area contributed by atoms with E-state index in [-0.39, 0.29) is 5.97 Å². The van der Waals surface area contributed by atoms with Gasteiger partial charge in [-0.15, -0.1) is 0 Å². The fourth-order valence-corrected chi connectivity index (χ4v) is 4.62. The molecule has 28 heavy (non-hydrogen) atoms. The van der Waals surface area contributed by atoms with E-state index in [1.165, 1.54) is 23.5 Å². The average Bonchev–Trinajstić information content (AvgIpc) is 3.34. The van der Waals surface area contributed by atoms with Gasteiger partial charge in [-0.05, 0) is 45.2 Å². The fraction of sp³-hybridized carbons (Fsp3) is 0.300. The van der Waals surface area contributed by atoms with E-state index in [1.807, 2.05) is 11.5 Å². The molecule has 0 saturated heterocycles. The summed E-state index contributed by atoms with van der Waals surface area (Å²) in [6.45, 7) is 7.63. The summed E-state index contributed by atoms with van der Waals surface area (Å²) in [7, 11) is 0. The molecule has 0 unspecified atom stereocenters. The van der Waals surface area contributed by atoms with E-state index >= 15 is 0 Å². The first kappa shape index (κ1) is 20.4. The first-order valence-corrected chi connectivity index (χ1v) is 10.4. The van der Waals surface area contributed by atoms with Gasteiger partial charge in [-0.2, -0.15) is 0 Å². The number of aryl methyl sites for hydroxylation is 2. The standard InChI is InChI=1S/C20H20O6S2/c1-5-23-19(21)14-7-13(25-11(14)3)8-18-27-10-17(28-18)16-9-15(12(4)26-16)20(22)24-6-2/h7-10H,5-6H2,1-4H3. The largest absolute Gasteiger partial charge is 0.462 e. The number of hydrogen-bond donors (Lipinski definition) is 0. The summed E-state index contributed by atoms with van der Waals surface area (Å²) in [6, 6.07) is 3.38. The number of carbonyl (C=O) groups excluding carboxylic acids is 2. The highest BCUT2D eigenvalue weighted by Gasteiger charge is 2.23. The summed E-state index contributed by atoms with van der Waals surface area (Å²) in [5.74, 6) is 1.46. The second kappa shape index (κ2) is 8.79. The Morgan fingerprint density at radius 1 is 1.00 bits per heavy atom. The SMILES string of the molecule is CCOC(=O)c1cc(C=C2SC=C(c3cc(C(=O)OCC)c(C)o3)S2)oc1C. The molecule has 0 aromatic carbocycles. The minimum atomic E-state index is -0.392. The van der Waals surface area contributed by atoms with Gasteiger partial charge in [0.2, 0.25) is 0 Å². The number of furan rings is 2. The summed E-state index contributed by atoms with van der Waals surface area (Å²) >= 11 is 3.02. The number of ether oxygens (including phenoxy) is 2. The van der Waals surface area contributed by atoms with Crippen molar-refractivity contribution < 1.29 is 27.9 Å². The molecule has 0 saturated carbocycles. The maximum atomic E-state index is 12.0. The van der Waals surface area contributed by atoms with Gasteiger partial charge in [0.25, 0.3) is 0 Å². The quantitative estimate of drug-likeness (QED) is 0.557. The second-order valence-electron chi connectivity index (χ2n) is 5.81. The van der Waals surface area contributed by atoms with Crippen LogP contribution in [0.25, 0.3) is 11.0 Å². The molecule has 2 aromatic rings. The van der Waals surface area contributed by atoms with E-state index in [4.69, 9.17) is 18.3 Å². The molecule has 0 atom stereocenters. The Balaban J connectivity index is 1.73. The van der Waals surface area contributed by atoms with Crippen LogP contribution >= 0.6 is 23.5 Å². The van der Waals surface area contributed by atoms with E-state index in [0.29, 0.717) is 47.4 Å². The summed E-state index contributed by atoms with van der Waals surface area (Å²) in [5, 5.41) is 1.95. The Bertz CT molecular complexity index is 963. The van der Waals surface area contributed by atoms with Crippen molar-refractivity contribution in [3.8, 4) is 0 Å². The molecule has 148 valence electrons. The van der Waals surface area contributed by atoms with Gasteiger partial charge in [0, 0.05) is 6.08 Å². The predicted molar refractivity (Wildman–Crippen MR) is 110 cm³/mol. The van der Waals surface area contributed by atoms with Crippen LogP contribution in [-0.2, 0) is 9.47 Å². The molecule has 0 fully saturated rings. The summed E-state index contributed by atoms with van der Waals surface area (Å²) in [6.07, 6.45) is 1.86. The normalized spacial score (nSPS) is 15.0. The second-order valence-corrected chi connectivity index (χ2v) is 8.06. The molecule has 1 aliphatic heterocycles. The maximum Gasteiger partial charge on any atom is 0.341 e. The lowest BCUT2D eigenvalue weighted by Crippen LogP contribution is -2.04. The Morgan fingerprint density at radius 2 is 1.61 bits per heavy atom. The number of hydrogen-bond acceptors (Lipinski definition) is 8. The van der Waals surface area contributed by atoms with Crippen molar-refractivity contribution in [2.24, 2.45) is 0 Å². The molecule has 0 aliphatic carbocycles. The lowest BCUT2D eigenvalue weighted by molar-refractivity contribution is 0.0514. The van der Waals surface area contributed by atoms with Gasteiger partial charge in [-0.1, -0.05) is 23.5 Å². The fourth-order valence-electron chi connectivity index (χ4n) is 2.56. The van der Waals surface area contributed by atoms with Gasteiger partial charge in [0.05, 0.1) is 22.4 Å². The van der Waals surface area contributed by atoms with Crippen LogP contribution in [0.4, 0.5) is 0 Å². The number of esters is 2. The van der Waals surface area contributed by atoms with Crippen LogP contribution in [-0.4, -0.2) is 25.2 Å². The molecule has 0 radical (unpaired) electrons. The van der Waals surface area contributed by atoms with Crippen molar-refractivity contribution in [1.29, 1.82) is 0 Å². The third kappa shape index (κ3) is 4.39. The van der Waals surface area contributed by atoms with Crippen LogP contribution in [0, 0.1) is 13.8 Å². The zero-order valence-electron chi connectivity index (χ0n) is 16.0. The first-order chi connectivity index (χ1) is 13.4. The number of carbonyl (C=O) groups is 2. The summed E-state index contributed by atoms with van der Waals surface area (Å²) in [4.78, 5) is 24.8. The topological polar surface area (TPSA) is 78.9 Å². The van der Waals surface area contributed by atoms with E-state index in [0.717, 1.165) is 9.14 Å². The zero-order chi connectivity index (χ0) is 20.3. The molecule has 0 spiro atoms. The van der Waals surface area contributed by atoms with Crippen LogP contribution in [0.1, 0.15) is 57.6 Å². The van der Waals surface area contributed by atoms with Crippen LogP contribution in [0.15, 0.2) is 30.6 Å². The Hall–Kier alpha value is -2.32. The van der Waals surface area contributed by atoms with Gasteiger partial charge in [0.1, 0.15) is 34.2 Å². The Morgan fingerprint density at radius 3 is 2.25 bits per heavy atom. The van der Waals surface area contributed by atoms with Gasteiger partial charge in [-0.25, -0.2) is 9.59 Å². The van der Waals surface area contributed by atoms with E-state index in [1.54, 1.807) is 39.8 Å². The van der Waals surface area contributed by atoms with Gasteiger partial charge < -0.3 is 18.3 Å².